The third-order valence-electron chi connectivity index (χ3n) is 3.02. The van der Waals surface area contributed by atoms with Crippen molar-refractivity contribution in [3.63, 3.8) is 0 Å². The lowest BCUT2D eigenvalue weighted by atomic mass is 10.1. The molecule has 0 saturated carbocycles. The Bertz CT molecular complexity index is 669. The van der Waals surface area contributed by atoms with E-state index in [-0.39, 0.29) is 22.9 Å². The van der Waals surface area contributed by atoms with Crippen LogP contribution in [-0.2, 0) is 19.4 Å². The van der Waals surface area contributed by atoms with Gasteiger partial charge in [-0.1, -0.05) is 0 Å². The van der Waals surface area contributed by atoms with Crippen LogP contribution in [0.15, 0.2) is 23.1 Å². The van der Waals surface area contributed by atoms with Crippen molar-refractivity contribution in [3.8, 4) is 0 Å². The van der Waals surface area contributed by atoms with Crippen molar-refractivity contribution in [1.29, 1.82) is 0 Å². The summed E-state index contributed by atoms with van der Waals surface area (Å²) in [6.45, 7) is 0. The number of nitrogens with one attached hydrogen (secondary N) is 2. The summed E-state index contributed by atoms with van der Waals surface area (Å²) in [5, 5.41) is 5.14. The molecule has 1 aromatic rings. The molecule has 0 radical (unpaired) electrons. The van der Waals surface area contributed by atoms with E-state index in [0.717, 1.165) is 6.26 Å². The van der Waals surface area contributed by atoms with Gasteiger partial charge in [0.25, 0.3) is 0 Å². The highest BCUT2D eigenvalue weighted by Gasteiger charge is 2.26. The van der Waals surface area contributed by atoms with Crippen molar-refractivity contribution in [1.82, 2.24) is 5.32 Å². The van der Waals surface area contributed by atoms with E-state index in [1.54, 1.807) is 0 Å². The maximum Gasteiger partial charge on any atom is 0.249 e. The van der Waals surface area contributed by atoms with Gasteiger partial charge in [-0.25, -0.2) is 8.42 Å². The summed E-state index contributed by atoms with van der Waals surface area (Å²) in [6, 6.07) is 3.71. The number of amides is 2. The van der Waals surface area contributed by atoms with Crippen LogP contribution in [-0.4, -0.2) is 32.5 Å². The standard InChI is InChI=1S/C12H15N3O4S/c1-20(18,19)7-2-3-9(8(13)6-7)14-10-4-5-11(16)15-12(10)17/h2-3,6,10,14H,4-5,13H2,1H3,(H,15,16,17). The van der Waals surface area contributed by atoms with E-state index >= 15 is 0 Å². The van der Waals surface area contributed by atoms with Crippen molar-refractivity contribution in [2.75, 3.05) is 17.3 Å². The first-order valence-corrected chi connectivity index (χ1v) is 7.86. The highest BCUT2D eigenvalue weighted by atomic mass is 32.2. The second-order valence-corrected chi connectivity index (χ2v) is 6.68. The normalized spacial score (nSPS) is 19.6. The summed E-state index contributed by atoms with van der Waals surface area (Å²) in [4.78, 5) is 22.8. The zero-order chi connectivity index (χ0) is 14.9. The zero-order valence-corrected chi connectivity index (χ0v) is 11.7. The van der Waals surface area contributed by atoms with Gasteiger partial charge in [0.1, 0.15) is 6.04 Å². The molecule has 1 fully saturated rings. The Hall–Kier alpha value is -2.09. The third-order valence-corrected chi connectivity index (χ3v) is 4.13. The molecule has 1 atom stereocenters. The van der Waals surface area contributed by atoms with Gasteiger partial charge in [0.15, 0.2) is 9.84 Å². The monoisotopic (exact) mass is 297 g/mol. The van der Waals surface area contributed by atoms with Crippen molar-refractivity contribution < 1.29 is 18.0 Å². The molecule has 20 heavy (non-hydrogen) atoms. The number of imide groups is 1. The van der Waals surface area contributed by atoms with Gasteiger partial charge in [0, 0.05) is 12.7 Å². The summed E-state index contributed by atoms with van der Waals surface area (Å²) < 4.78 is 22.8. The van der Waals surface area contributed by atoms with E-state index in [2.05, 4.69) is 10.6 Å². The molecular formula is C12H15N3O4S. The molecule has 4 N–H and O–H groups in total. The van der Waals surface area contributed by atoms with E-state index in [0.29, 0.717) is 12.1 Å². The van der Waals surface area contributed by atoms with Gasteiger partial charge in [-0.05, 0) is 24.6 Å². The molecule has 0 spiro atoms. The average molecular weight is 297 g/mol. The van der Waals surface area contributed by atoms with Gasteiger partial charge >= 0.3 is 0 Å². The first-order chi connectivity index (χ1) is 9.27. The lowest BCUT2D eigenvalue weighted by Gasteiger charge is -2.23. The quantitative estimate of drug-likeness (QED) is 0.529. The second-order valence-electron chi connectivity index (χ2n) is 4.67. The molecular weight excluding hydrogens is 282 g/mol. The Morgan fingerprint density at radius 2 is 2.05 bits per heavy atom. The number of rotatable bonds is 3. The maximum atomic E-state index is 11.6. The van der Waals surface area contributed by atoms with Crippen LogP contribution in [0.1, 0.15) is 12.8 Å². The zero-order valence-electron chi connectivity index (χ0n) is 10.8. The molecule has 1 saturated heterocycles. The van der Waals surface area contributed by atoms with Crippen LogP contribution in [0.3, 0.4) is 0 Å². The van der Waals surface area contributed by atoms with Gasteiger partial charge in [-0.15, -0.1) is 0 Å². The lowest BCUT2D eigenvalue weighted by Crippen LogP contribution is -2.47. The van der Waals surface area contributed by atoms with Crippen molar-refractivity contribution >= 4 is 33.0 Å². The van der Waals surface area contributed by atoms with Crippen molar-refractivity contribution in [3.05, 3.63) is 18.2 Å². The summed E-state index contributed by atoms with van der Waals surface area (Å²) >= 11 is 0. The Labute approximate surface area is 116 Å². The van der Waals surface area contributed by atoms with Gasteiger partial charge in [0.05, 0.1) is 16.3 Å². The van der Waals surface area contributed by atoms with Crippen LogP contribution >= 0.6 is 0 Å². The molecule has 0 aromatic heterocycles. The Morgan fingerprint density at radius 3 is 2.60 bits per heavy atom. The number of sulfone groups is 1. The van der Waals surface area contributed by atoms with Crippen LogP contribution < -0.4 is 16.4 Å². The molecule has 8 heteroatoms. The number of nitrogens with two attached hydrogens (primary N) is 1. The number of benzene rings is 1. The molecule has 2 amide bonds. The van der Waals surface area contributed by atoms with Gasteiger partial charge in [-0.2, -0.15) is 0 Å². The van der Waals surface area contributed by atoms with Crippen LogP contribution in [0.2, 0.25) is 0 Å². The summed E-state index contributed by atoms with van der Waals surface area (Å²) in [7, 11) is -3.32. The molecule has 108 valence electrons. The predicted molar refractivity (Wildman–Crippen MR) is 73.8 cm³/mol. The van der Waals surface area contributed by atoms with Crippen LogP contribution in [0.4, 0.5) is 11.4 Å². The molecule has 1 aliphatic heterocycles. The maximum absolute atomic E-state index is 11.6. The first-order valence-electron chi connectivity index (χ1n) is 5.97. The van der Waals surface area contributed by atoms with E-state index in [1.165, 1.54) is 18.2 Å². The van der Waals surface area contributed by atoms with Gasteiger partial charge in [-0.3, -0.25) is 14.9 Å². The van der Waals surface area contributed by atoms with Crippen LogP contribution in [0.5, 0.6) is 0 Å². The van der Waals surface area contributed by atoms with Gasteiger partial charge in [0.2, 0.25) is 11.8 Å². The third kappa shape index (κ3) is 3.08. The Kier molecular flexibility index (Phi) is 3.67. The predicted octanol–water partition coefficient (Wildman–Crippen LogP) is -0.111. The van der Waals surface area contributed by atoms with E-state index in [9.17, 15) is 18.0 Å². The van der Waals surface area contributed by atoms with Crippen LogP contribution in [0.25, 0.3) is 0 Å². The fraction of sp³-hybridized carbons (Fsp3) is 0.333. The molecule has 1 aliphatic rings. The summed E-state index contributed by atoms with van der Waals surface area (Å²) in [5.41, 5.74) is 6.48. The number of hydrogen-bond donors (Lipinski definition) is 3. The minimum atomic E-state index is -3.32. The topological polar surface area (TPSA) is 118 Å². The average Bonchev–Trinajstić information content (AvgIpc) is 2.33. The highest BCUT2D eigenvalue weighted by molar-refractivity contribution is 7.90. The molecule has 1 heterocycles. The largest absolute Gasteiger partial charge is 0.397 e. The van der Waals surface area contributed by atoms with Crippen LogP contribution in [0, 0.1) is 0 Å². The fourth-order valence-corrected chi connectivity index (χ4v) is 2.58. The Morgan fingerprint density at radius 1 is 1.35 bits per heavy atom. The van der Waals surface area contributed by atoms with Gasteiger partial charge < -0.3 is 11.1 Å². The number of carbonyl (C=O) groups is 2. The summed E-state index contributed by atoms with van der Waals surface area (Å²) in [5.74, 6) is -0.707. The number of anilines is 2. The van der Waals surface area contributed by atoms with Crippen molar-refractivity contribution in [2.45, 2.75) is 23.8 Å². The lowest BCUT2D eigenvalue weighted by molar-refractivity contribution is -0.133. The molecule has 2 rings (SSSR count). The highest BCUT2D eigenvalue weighted by Crippen LogP contribution is 2.24. The SMILES string of the molecule is CS(=O)(=O)c1ccc(NC2CCC(=O)NC2=O)c(N)c1. The molecule has 0 bridgehead atoms. The summed E-state index contributed by atoms with van der Waals surface area (Å²) in [6.07, 6.45) is 1.72. The van der Waals surface area contributed by atoms with Crippen molar-refractivity contribution in [2.24, 2.45) is 0 Å². The molecule has 7 nitrogen and oxygen atoms in total. The minimum Gasteiger partial charge on any atom is -0.397 e. The Balaban J connectivity index is 2.18. The number of piperidine rings is 1. The first kappa shape index (κ1) is 14.3. The minimum absolute atomic E-state index is 0.115. The second kappa shape index (κ2) is 5.12. The molecule has 1 aromatic carbocycles. The molecule has 0 aliphatic carbocycles. The van der Waals surface area contributed by atoms with E-state index in [1.807, 2.05) is 0 Å². The van der Waals surface area contributed by atoms with E-state index < -0.39 is 21.8 Å². The number of nitrogen functional groups attached to an aromatic ring is 1. The number of hydrogen-bond acceptors (Lipinski definition) is 6. The fourth-order valence-electron chi connectivity index (χ4n) is 1.92. The number of carbonyl (C=O) groups excluding carboxylic acids is 2. The van der Waals surface area contributed by atoms with E-state index in [4.69, 9.17) is 5.73 Å². The smallest absolute Gasteiger partial charge is 0.249 e. The molecule has 1 unspecified atom stereocenters.